The number of nitrogens with zero attached hydrogens (tertiary/aromatic N) is 3. The van der Waals surface area contributed by atoms with Crippen LogP contribution in [-0.4, -0.2) is 26.7 Å². The van der Waals surface area contributed by atoms with Gasteiger partial charge in [-0.15, -0.1) is 5.10 Å². The quantitative estimate of drug-likeness (QED) is 0.589. The molecule has 1 aromatic heterocycles. The van der Waals surface area contributed by atoms with Crippen molar-refractivity contribution in [2.75, 3.05) is 0 Å². The van der Waals surface area contributed by atoms with Crippen molar-refractivity contribution in [1.29, 1.82) is 0 Å². The number of hydrogen-bond donors (Lipinski definition) is 1. The largest absolute Gasteiger partial charge is 0.352 e. The summed E-state index contributed by atoms with van der Waals surface area (Å²) in [5.74, 6) is 0.969. The molecule has 1 heterocycles. The van der Waals surface area contributed by atoms with Gasteiger partial charge in [-0.3, -0.25) is 4.79 Å². The maximum atomic E-state index is 13.4. The second-order valence-electron chi connectivity index (χ2n) is 7.61. The van der Waals surface area contributed by atoms with Gasteiger partial charge in [-0.25, -0.2) is 14.1 Å². The summed E-state index contributed by atoms with van der Waals surface area (Å²) in [5.41, 5.74) is 1.72. The Balaban J connectivity index is 1.46. The highest BCUT2D eigenvalue weighted by Gasteiger charge is 2.33. The highest BCUT2D eigenvalue weighted by atomic mass is 32.2. The van der Waals surface area contributed by atoms with Crippen LogP contribution in [0, 0.1) is 5.82 Å². The number of amides is 1. The average molecular weight is 409 g/mol. The van der Waals surface area contributed by atoms with Crippen LogP contribution < -0.4 is 5.32 Å². The maximum absolute atomic E-state index is 13.4. The number of aromatic nitrogens is 3. The fourth-order valence-corrected chi connectivity index (χ4v) is 4.19. The Morgan fingerprint density at radius 2 is 1.79 bits per heavy atom. The number of carbonyl (C=O) groups excluding carboxylic acids is 1. The average Bonchev–Trinajstić information content (AvgIpc) is 3.67. The highest BCUT2D eigenvalue weighted by molar-refractivity contribution is 8.00. The minimum absolute atomic E-state index is 0.0758. The van der Waals surface area contributed by atoms with E-state index >= 15 is 0 Å². The van der Waals surface area contributed by atoms with Gasteiger partial charge in [-0.1, -0.05) is 42.1 Å². The predicted octanol–water partition coefficient (Wildman–Crippen LogP) is 4.40. The summed E-state index contributed by atoms with van der Waals surface area (Å²) in [6, 6.07) is 16.3. The topological polar surface area (TPSA) is 59.8 Å². The lowest BCUT2D eigenvalue weighted by atomic mass is 10.1. The summed E-state index contributed by atoms with van der Waals surface area (Å²) in [7, 11) is 0. The van der Waals surface area contributed by atoms with Gasteiger partial charge in [0, 0.05) is 12.0 Å². The van der Waals surface area contributed by atoms with Gasteiger partial charge < -0.3 is 5.32 Å². The van der Waals surface area contributed by atoms with Crippen LogP contribution >= 0.6 is 11.8 Å². The molecule has 29 heavy (non-hydrogen) atoms. The Labute approximate surface area is 172 Å². The molecular weight excluding hydrogens is 387 g/mol. The summed E-state index contributed by atoms with van der Waals surface area (Å²) in [5, 5.41) is 7.82. The van der Waals surface area contributed by atoms with Crippen molar-refractivity contribution in [2.45, 2.75) is 48.0 Å². The van der Waals surface area contributed by atoms with Gasteiger partial charge >= 0.3 is 0 Å². The molecule has 2 aliphatic rings. The number of carbonyl (C=O) groups is 1. The van der Waals surface area contributed by atoms with Crippen molar-refractivity contribution in [3.63, 3.8) is 0 Å². The van der Waals surface area contributed by atoms with Crippen LogP contribution in [0.3, 0.4) is 0 Å². The van der Waals surface area contributed by atoms with Crippen molar-refractivity contribution in [3.8, 4) is 5.69 Å². The molecule has 5 nitrogen and oxygen atoms in total. The second kappa shape index (κ2) is 7.63. The van der Waals surface area contributed by atoms with Crippen molar-refractivity contribution >= 4 is 17.7 Å². The first-order chi connectivity index (χ1) is 14.2. The summed E-state index contributed by atoms with van der Waals surface area (Å²) in [4.78, 5) is 17.7. The van der Waals surface area contributed by atoms with Crippen LogP contribution in [0.5, 0.6) is 0 Å². The molecule has 1 unspecified atom stereocenters. The fourth-order valence-electron chi connectivity index (χ4n) is 3.24. The van der Waals surface area contributed by atoms with Gasteiger partial charge in [0.2, 0.25) is 11.1 Å². The minimum Gasteiger partial charge on any atom is -0.352 e. The van der Waals surface area contributed by atoms with Gasteiger partial charge in [0.15, 0.2) is 0 Å². The highest BCUT2D eigenvalue weighted by Crippen LogP contribution is 2.42. The monoisotopic (exact) mass is 408 g/mol. The van der Waals surface area contributed by atoms with Gasteiger partial charge in [0.1, 0.15) is 16.9 Å². The van der Waals surface area contributed by atoms with Gasteiger partial charge in [0.05, 0.1) is 5.69 Å². The number of rotatable bonds is 7. The Morgan fingerprint density at radius 1 is 1.07 bits per heavy atom. The smallest absolute Gasteiger partial charge is 0.238 e. The molecular formula is C22H21FN4OS. The number of thioether (sulfide) groups is 1. The van der Waals surface area contributed by atoms with Crippen LogP contribution in [0.25, 0.3) is 5.69 Å². The molecule has 1 atom stereocenters. The molecule has 2 aliphatic carbocycles. The SMILES string of the molecule is O=C(NC1CC1)C(Sc1nc(C2CC2)n(-c2ccccc2)n1)c1ccc(F)cc1. The molecule has 1 N–H and O–H groups in total. The number of para-hydroxylation sites is 1. The third-order valence-electron chi connectivity index (χ3n) is 5.11. The summed E-state index contributed by atoms with van der Waals surface area (Å²) < 4.78 is 15.3. The van der Waals surface area contributed by atoms with Gasteiger partial charge in [-0.05, 0) is 55.5 Å². The van der Waals surface area contributed by atoms with E-state index in [1.54, 1.807) is 12.1 Å². The van der Waals surface area contributed by atoms with E-state index in [1.165, 1.54) is 23.9 Å². The first kappa shape index (κ1) is 18.4. The van der Waals surface area contributed by atoms with Crippen molar-refractivity contribution < 1.29 is 9.18 Å². The third kappa shape index (κ3) is 4.19. The Kier molecular flexibility index (Phi) is 4.83. The second-order valence-corrected chi connectivity index (χ2v) is 8.68. The molecule has 0 aliphatic heterocycles. The summed E-state index contributed by atoms with van der Waals surface area (Å²) in [6.45, 7) is 0. The van der Waals surface area contributed by atoms with E-state index < -0.39 is 5.25 Å². The summed E-state index contributed by atoms with van der Waals surface area (Å²) >= 11 is 1.32. The standard InChI is InChI=1S/C22H21FN4OS/c23-16-10-8-14(9-11-16)19(21(28)24-17-12-13-17)29-22-25-20(15-6-7-15)27(26-22)18-4-2-1-3-5-18/h1-5,8-11,15,17,19H,6-7,12-13H2,(H,24,28). The Morgan fingerprint density at radius 3 is 2.45 bits per heavy atom. The molecule has 3 aromatic rings. The zero-order valence-corrected chi connectivity index (χ0v) is 16.6. The lowest BCUT2D eigenvalue weighted by Crippen LogP contribution is -2.29. The molecule has 0 radical (unpaired) electrons. The van der Waals surface area contributed by atoms with Gasteiger partial charge in [-0.2, -0.15) is 0 Å². The Bertz CT molecular complexity index is 1010. The van der Waals surface area contributed by atoms with E-state index in [0.29, 0.717) is 11.1 Å². The Hall–Kier alpha value is -2.67. The van der Waals surface area contributed by atoms with E-state index in [2.05, 4.69) is 5.32 Å². The van der Waals surface area contributed by atoms with Crippen LogP contribution in [0.2, 0.25) is 0 Å². The number of benzene rings is 2. The van der Waals surface area contributed by atoms with Crippen LogP contribution in [0.15, 0.2) is 59.8 Å². The number of nitrogens with one attached hydrogen (secondary N) is 1. The number of hydrogen-bond acceptors (Lipinski definition) is 4. The van der Waals surface area contributed by atoms with Crippen molar-refractivity contribution in [2.24, 2.45) is 0 Å². The van der Waals surface area contributed by atoms with Crippen LogP contribution in [0.1, 0.15) is 48.2 Å². The zero-order chi connectivity index (χ0) is 19.8. The molecule has 1 amide bonds. The summed E-state index contributed by atoms with van der Waals surface area (Å²) in [6.07, 6.45) is 4.25. The predicted molar refractivity (Wildman–Crippen MR) is 109 cm³/mol. The minimum atomic E-state index is -0.519. The molecule has 0 bridgehead atoms. The van der Waals surface area contributed by atoms with Crippen LogP contribution in [0.4, 0.5) is 4.39 Å². The van der Waals surface area contributed by atoms with E-state index in [0.717, 1.165) is 42.8 Å². The van der Waals surface area contributed by atoms with Crippen molar-refractivity contribution in [3.05, 3.63) is 71.8 Å². The maximum Gasteiger partial charge on any atom is 0.238 e. The van der Waals surface area contributed by atoms with E-state index in [-0.39, 0.29) is 17.8 Å². The van der Waals surface area contributed by atoms with Gasteiger partial charge in [0.25, 0.3) is 0 Å². The zero-order valence-electron chi connectivity index (χ0n) is 15.8. The molecule has 2 fully saturated rings. The van der Waals surface area contributed by atoms with E-state index in [4.69, 9.17) is 10.1 Å². The third-order valence-corrected chi connectivity index (χ3v) is 6.22. The number of halogens is 1. The molecule has 148 valence electrons. The van der Waals surface area contributed by atoms with Crippen LogP contribution in [-0.2, 0) is 4.79 Å². The molecule has 0 saturated heterocycles. The van der Waals surface area contributed by atoms with E-state index in [9.17, 15) is 9.18 Å². The molecule has 0 spiro atoms. The normalized spacial score (nSPS) is 17.1. The first-order valence-electron chi connectivity index (χ1n) is 9.92. The molecule has 7 heteroatoms. The lowest BCUT2D eigenvalue weighted by Gasteiger charge is -2.15. The van der Waals surface area contributed by atoms with Crippen molar-refractivity contribution in [1.82, 2.24) is 20.1 Å². The van der Waals surface area contributed by atoms with E-state index in [1.807, 2.05) is 35.0 Å². The molecule has 2 aromatic carbocycles. The lowest BCUT2D eigenvalue weighted by molar-refractivity contribution is -0.120. The molecule has 2 saturated carbocycles. The molecule has 5 rings (SSSR count). The fraction of sp³-hybridized carbons (Fsp3) is 0.318. The first-order valence-corrected chi connectivity index (χ1v) is 10.8.